The Balaban J connectivity index is 1.79. The van der Waals surface area contributed by atoms with E-state index in [1.54, 1.807) is 0 Å². The molecule has 2 aliphatic rings. The van der Waals surface area contributed by atoms with Gasteiger partial charge in [-0.3, -0.25) is 0 Å². The van der Waals surface area contributed by atoms with Crippen molar-refractivity contribution in [1.29, 1.82) is 0 Å². The largest absolute Gasteiger partial charge is 0.348 e. The van der Waals surface area contributed by atoms with E-state index >= 15 is 0 Å². The van der Waals surface area contributed by atoms with Crippen LogP contribution in [-0.2, 0) is 9.47 Å². The summed E-state index contributed by atoms with van der Waals surface area (Å²) in [7, 11) is 0. The molecule has 1 saturated carbocycles. The summed E-state index contributed by atoms with van der Waals surface area (Å²) >= 11 is 2.56. The lowest BCUT2D eigenvalue weighted by Gasteiger charge is -2.29. The number of rotatable bonds is 8. The van der Waals surface area contributed by atoms with Crippen LogP contribution >= 0.6 is 22.6 Å². The average molecular weight is 380 g/mol. The second-order valence-electron chi connectivity index (χ2n) is 6.21. The highest BCUT2D eigenvalue weighted by atomic mass is 127. The zero-order valence-corrected chi connectivity index (χ0v) is 14.5. The highest BCUT2D eigenvalue weighted by Gasteiger charge is 2.37. The molecule has 1 heterocycles. The van der Waals surface area contributed by atoms with Gasteiger partial charge in [0.25, 0.3) is 0 Å². The molecule has 1 aliphatic heterocycles. The van der Waals surface area contributed by atoms with Crippen molar-refractivity contribution in [3.05, 3.63) is 0 Å². The van der Waals surface area contributed by atoms with Gasteiger partial charge in [0.05, 0.1) is 13.2 Å². The first kappa shape index (κ1) is 16.0. The molecule has 0 N–H and O–H groups in total. The van der Waals surface area contributed by atoms with E-state index in [4.69, 9.17) is 9.47 Å². The van der Waals surface area contributed by atoms with Crippen LogP contribution in [0.25, 0.3) is 0 Å². The van der Waals surface area contributed by atoms with E-state index in [-0.39, 0.29) is 5.79 Å². The molecule has 0 spiro atoms. The number of hydrogen-bond donors (Lipinski definition) is 0. The van der Waals surface area contributed by atoms with Gasteiger partial charge in [-0.1, -0.05) is 55.2 Å². The van der Waals surface area contributed by atoms with Gasteiger partial charge in [-0.2, -0.15) is 0 Å². The monoisotopic (exact) mass is 380 g/mol. The Morgan fingerprint density at radius 3 is 2.47 bits per heavy atom. The number of unbranched alkanes of at least 4 members (excludes halogenated alkanes) is 2. The fourth-order valence-electron chi connectivity index (χ4n) is 3.66. The van der Waals surface area contributed by atoms with E-state index in [1.807, 2.05) is 0 Å². The summed E-state index contributed by atoms with van der Waals surface area (Å²) in [6.07, 6.45) is 11.7. The summed E-state index contributed by atoms with van der Waals surface area (Å²) < 4.78 is 13.3. The molecule has 0 amide bonds. The Morgan fingerprint density at radius 2 is 1.79 bits per heavy atom. The molecule has 0 aromatic rings. The second kappa shape index (κ2) is 8.18. The fraction of sp³-hybridized carbons (Fsp3) is 1.00. The van der Waals surface area contributed by atoms with Crippen molar-refractivity contribution in [2.75, 3.05) is 17.6 Å². The van der Waals surface area contributed by atoms with Crippen molar-refractivity contribution in [2.45, 2.75) is 70.5 Å². The molecule has 1 saturated heterocycles. The van der Waals surface area contributed by atoms with Crippen LogP contribution in [0.5, 0.6) is 0 Å². The zero-order valence-electron chi connectivity index (χ0n) is 12.3. The predicted molar refractivity (Wildman–Crippen MR) is 87.7 cm³/mol. The maximum atomic E-state index is 5.99. The molecule has 0 bridgehead atoms. The van der Waals surface area contributed by atoms with Crippen LogP contribution in [0.4, 0.5) is 0 Å². The summed E-state index contributed by atoms with van der Waals surface area (Å²) in [6.45, 7) is 3.85. The molecule has 2 atom stereocenters. The molecule has 1 aliphatic carbocycles. The molecule has 2 nitrogen and oxygen atoms in total. The summed E-state index contributed by atoms with van der Waals surface area (Å²) in [6, 6.07) is 0. The third kappa shape index (κ3) is 4.57. The highest BCUT2D eigenvalue weighted by molar-refractivity contribution is 14.1. The van der Waals surface area contributed by atoms with Crippen molar-refractivity contribution < 1.29 is 9.47 Å². The van der Waals surface area contributed by atoms with Gasteiger partial charge in [-0.15, -0.1) is 0 Å². The topological polar surface area (TPSA) is 18.5 Å². The molecule has 3 heteroatoms. The molecule has 2 rings (SSSR count). The van der Waals surface area contributed by atoms with E-state index in [9.17, 15) is 0 Å². The number of alkyl halides is 1. The third-order valence-corrected chi connectivity index (χ3v) is 6.02. The minimum atomic E-state index is -0.215. The van der Waals surface area contributed by atoms with Crippen molar-refractivity contribution in [3.8, 4) is 0 Å². The fourth-order valence-corrected chi connectivity index (χ4v) is 4.82. The van der Waals surface area contributed by atoms with Crippen LogP contribution in [0, 0.1) is 11.8 Å². The summed E-state index contributed by atoms with van der Waals surface area (Å²) in [5, 5.41) is 0. The molecule has 19 heavy (non-hydrogen) atoms. The predicted octanol–water partition coefficient (Wildman–Crippen LogP) is 4.94. The standard InChI is InChI=1S/C16H29IO2/c1-2-3-4-9-16(18-11-12-19-16)10-8-14-6-5-7-15(14)13-17/h14-15H,2-13H2,1H3. The minimum absolute atomic E-state index is 0.215. The van der Waals surface area contributed by atoms with Gasteiger partial charge in [0.1, 0.15) is 0 Å². The normalized spacial score (nSPS) is 30.0. The minimum Gasteiger partial charge on any atom is -0.348 e. The third-order valence-electron chi connectivity index (χ3n) is 4.89. The van der Waals surface area contributed by atoms with E-state index in [2.05, 4.69) is 29.5 Å². The number of ether oxygens (including phenoxy) is 2. The zero-order chi connectivity index (χ0) is 13.6. The highest BCUT2D eigenvalue weighted by Crippen LogP contribution is 2.40. The molecule has 2 fully saturated rings. The van der Waals surface area contributed by atoms with E-state index in [1.165, 1.54) is 49.4 Å². The Hall–Kier alpha value is 0.650. The Bertz CT molecular complexity index is 251. The quantitative estimate of drug-likeness (QED) is 0.337. The van der Waals surface area contributed by atoms with Gasteiger partial charge in [-0.25, -0.2) is 0 Å². The summed E-state index contributed by atoms with van der Waals surface area (Å²) in [5.74, 6) is 1.66. The summed E-state index contributed by atoms with van der Waals surface area (Å²) in [4.78, 5) is 0. The SMILES string of the molecule is CCCCCC1(CCC2CCCC2CI)OCCO1. The lowest BCUT2D eigenvalue weighted by Crippen LogP contribution is -2.31. The van der Waals surface area contributed by atoms with E-state index in [0.29, 0.717) is 0 Å². The lowest BCUT2D eigenvalue weighted by atomic mass is 9.89. The first-order valence-electron chi connectivity index (χ1n) is 8.13. The molecule has 0 aromatic carbocycles. The first-order chi connectivity index (χ1) is 9.29. The van der Waals surface area contributed by atoms with Crippen molar-refractivity contribution in [3.63, 3.8) is 0 Å². The molecule has 0 aromatic heterocycles. The molecule has 2 unspecified atom stereocenters. The van der Waals surface area contributed by atoms with Gasteiger partial charge in [-0.05, 0) is 31.1 Å². The maximum Gasteiger partial charge on any atom is 0.168 e. The smallest absolute Gasteiger partial charge is 0.168 e. The number of halogens is 1. The van der Waals surface area contributed by atoms with Crippen molar-refractivity contribution in [2.24, 2.45) is 11.8 Å². The van der Waals surface area contributed by atoms with Crippen LogP contribution in [0.2, 0.25) is 0 Å². The van der Waals surface area contributed by atoms with Gasteiger partial charge in [0.2, 0.25) is 0 Å². The van der Waals surface area contributed by atoms with E-state index in [0.717, 1.165) is 37.9 Å². The maximum absolute atomic E-state index is 5.99. The first-order valence-corrected chi connectivity index (χ1v) is 9.66. The van der Waals surface area contributed by atoms with Crippen LogP contribution in [0.3, 0.4) is 0 Å². The van der Waals surface area contributed by atoms with Crippen LogP contribution in [0.1, 0.15) is 64.7 Å². The van der Waals surface area contributed by atoms with Crippen molar-refractivity contribution in [1.82, 2.24) is 0 Å². The van der Waals surface area contributed by atoms with Crippen LogP contribution in [-0.4, -0.2) is 23.4 Å². The lowest BCUT2D eigenvalue weighted by molar-refractivity contribution is -0.170. The van der Waals surface area contributed by atoms with Gasteiger partial charge >= 0.3 is 0 Å². The Kier molecular flexibility index (Phi) is 6.90. The summed E-state index contributed by atoms with van der Waals surface area (Å²) in [5.41, 5.74) is 0. The van der Waals surface area contributed by atoms with Crippen LogP contribution < -0.4 is 0 Å². The second-order valence-corrected chi connectivity index (χ2v) is 7.09. The van der Waals surface area contributed by atoms with Crippen LogP contribution in [0.15, 0.2) is 0 Å². The van der Waals surface area contributed by atoms with Gasteiger partial charge in [0, 0.05) is 17.3 Å². The Labute approximate surface area is 132 Å². The average Bonchev–Trinajstić information content (AvgIpc) is 3.06. The molecule has 112 valence electrons. The van der Waals surface area contributed by atoms with Crippen molar-refractivity contribution >= 4 is 22.6 Å². The van der Waals surface area contributed by atoms with Gasteiger partial charge in [0.15, 0.2) is 5.79 Å². The van der Waals surface area contributed by atoms with Gasteiger partial charge < -0.3 is 9.47 Å². The molecular weight excluding hydrogens is 351 g/mol. The Morgan fingerprint density at radius 1 is 1.05 bits per heavy atom. The molecule has 0 radical (unpaired) electrons. The molecular formula is C16H29IO2. The number of hydrogen-bond acceptors (Lipinski definition) is 2. The van der Waals surface area contributed by atoms with E-state index < -0.39 is 0 Å².